The van der Waals surface area contributed by atoms with E-state index in [-0.39, 0.29) is 11.8 Å². The van der Waals surface area contributed by atoms with Crippen molar-refractivity contribution >= 4 is 11.9 Å². The molecule has 2 saturated carbocycles. The van der Waals surface area contributed by atoms with E-state index in [9.17, 15) is 14.7 Å². The molecule has 3 N–H and O–H groups in total. The highest BCUT2D eigenvalue weighted by Gasteiger charge is 2.58. The lowest BCUT2D eigenvalue weighted by atomic mass is 9.78. The molecule has 0 amide bonds. The molecule has 2 aliphatic carbocycles. The van der Waals surface area contributed by atoms with E-state index in [1.807, 2.05) is 0 Å². The normalized spacial score (nSPS) is 45.4. The van der Waals surface area contributed by atoms with Crippen molar-refractivity contribution in [2.45, 2.75) is 18.9 Å². The quantitative estimate of drug-likeness (QED) is 0.573. The Morgan fingerprint density at radius 2 is 1.57 bits per heavy atom. The molecule has 0 aromatic carbocycles. The van der Waals surface area contributed by atoms with Crippen molar-refractivity contribution in [3.8, 4) is 0 Å². The monoisotopic (exact) mass is 200 g/mol. The van der Waals surface area contributed by atoms with E-state index < -0.39 is 29.9 Å². The fourth-order valence-electron chi connectivity index (χ4n) is 3.02. The van der Waals surface area contributed by atoms with Gasteiger partial charge in [0.2, 0.25) is 0 Å². The Morgan fingerprint density at radius 3 is 2.07 bits per heavy atom. The molecule has 0 saturated heterocycles. The van der Waals surface area contributed by atoms with Gasteiger partial charge in [0.1, 0.15) is 0 Å². The largest absolute Gasteiger partial charge is 0.481 e. The number of carbonyl (C=O) groups is 2. The standard InChI is InChI=1S/C9H12O5/c10-5-2-3-1-4(5)7(9(13)14)6(3)8(11)12/h3-7,10H,1-2H2,(H,11,12)(H,13,14)/t3-,4+,5+,6-,7+/m1/s1. The summed E-state index contributed by atoms with van der Waals surface area (Å²) in [6.07, 6.45) is 0.345. The van der Waals surface area contributed by atoms with Crippen LogP contribution in [0.4, 0.5) is 0 Å². The summed E-state index contributed by atoms with van der Waals surface area (Å²) in [6.45, 7) is 0. The third-order valence-corrected chi connectivity index (χ3v) is 3.54. The summed E-state index contributed by atoms with van der Waals surface area (Å²) in [5, 5.41) is 27.3. The van der Waals surface area contributed by atoms with Crippen LogP contribution in [-0.2, 0) is 9.59 Å². The summed E-state index contributed by atoms with van der Waals surface area (Å²) in [6, 6.07) is 0. The minimum atomic E-state index is -1.09. The Balaban J connectivity index is 2.27. The number of rotatable bonds is 2. The van der Waals surface area contributed by atoms with Crippen molar-refractivity contribution < 1.29 is 24.9 Å². The molecule has 0 unspecified atom stereocenters. The zero-order valence-electron chi connectivity index (χ0n) is 7.46. The summed E-state index contributed by atoms with van der Waals surface area (Å²) in [5.41, 5.74) is 0. The van der Waals surface area contributed by atoms with Crippen LogP contribution in [0.2, 0.25) is 0 Å². The second-order valence-electron chi connectivity index (χ2n) is 4.19. The molecule has 14 heavy (non-hydrogen) atoms. The molecule has 0 radical (unpaired) electrons. The van der Waals surface area contributed by atoms with Crippen molar-refractivity contribution in [3.63, 3.8) is 0 Å². The fraction of sp³-hybridized carbons (Fsp3) is 0.778. The maximum absolute atomic E-state index is 10.9. The molecule has 2 rings (SSSR count). The van der Waals surface area contributed by atoms with Gasteiger partial charge in [0.05, 0.1) is 17.9 Å². The van der Waals surface area contributed by atoms with Crippen LogP contribution in [0.25, 0.3) is 0 Å². The molecule has 0 aromatic heterocycles. The fourth-order valence-corrected chi connectivity index (χ4v) is 3.02. The third kappa shape index (κ3) is 1.12. The zero-order valence-corrected chi connectivity index (χ0v) is 7.46. The van der Waals surface area contributed by atoms with Crippen LogP contribution in [0.15, 0.2) is 0 Å². The van der Waals surface area contributed by atoms with Crippen molar-refractivity contribution in [1.29, 1.82) is 0 Å². The first-order valence-electron chi connectivity index (χ1n) is 4.66. The Bertz CT molecular complexity index is 287. The van der Waals surface area contributed by atoms with E-state index in [0.717, 1.165) is 0 Å². The zero-order chi connectivity index (χ0) is 10.5. The van der Waals surface area contributed by atoms with Gasteiger partial charge in [-0.05, 0) is 24.7 Å². The van der Waals surface area contributed by atoms with Crippen LogP contribution in [0.3, 0.4) is 0 Å². The number of fused-ring (bicyclic) bond motifs is 2. The smallest absolute Gasteiger partial charge is 0.307 e. The van der Waals surface area contributed by atoms with Crippen molar-refractivity contribution in [3.05, 3.63) is 0 Å². The molecule has 0 spiro atoms. The Morgan fingerprint density at radius 1 is 1.00 bits per heavy atom. The number of aliphatic carboxylic acids is 2. The molecular weight excluding hydrogens is 188 g/mol. The first kappa shape index (κ1) is 9.45. The van der Waals surface area contributed by atoms with E-state index in [1.54, 1.807) is 0 Å². The summed E-state index contributed by atoms with van der Waals surface area (Å²) in [5.74, 6) is -4.37. The SMILES string of the molecule is O=C(O)[C@@H]1[C@@H]2C[C@H]([C@@H]1C(=O)O)[C@@H](O)C2. The summed E-state index contributed by atoms with van der Waals surface area (Å²) < 4.78 is 0. The molecule has 2 bridgehead atoms. The number of hydrogen-bond acceptors (Lipinski definition) is 3. The molecule has 0 heterocycles. The number of aliphatic hydroxyl groups is 1. The van der Waals surface area contributed by atoms with Gasteiger partial charge in [-0.15, -0.1) is 0 Å². The first-order chi connectivity index (χ1) is 6.52. The molecular formula is C9H12O5. The van der Waals surface area contributed by atoms with Crippen LogP contribution in [0.5, 0.6) is 0 Å². The lowest BCUT2D eigenvalue weighted by Crippen LogP contribution is -2.39. The van der Waals surface area contributed by atoms with Gasteiger partial charge in [0, 0.05) is 0 Å². The highest BCUT2D eigenvalue weighted by atomic mass is 16.4. The highest BCUT2D eigenvalue weighted by Crippen LogP contribution is 2.52. The van der Waals surface area contributed by atoms with E-state index in [4.69, 9.17) is 10.2 Å². The number of carboxylic acid groups (broad SMARTS) is 2. The predicted octanol–water partition coefficient (Wildman–Crippen LogP) is -0.211. The average molecular weight is 200 g/mol. The Labute approximate surface area is 80.4 Å². The lowest BCUT2D eigenvalue weighted by molar-refractivity contribution is -0.158. The van der Waals surface area contributed by atoms with Gasteiger partial charge in [-0.1, -0.05) is 0 Å². The van der Waals surface area contributed by atoms with Gasteiger partial charge >= 0.3 is 11.9 Å². The minimum absolute atomic E-state index is 0.159. The lowest BCUT2D eigenvalue weighted by Gasteiger charge is -2.27. The maximum atomic E-state index is 10.9. The van der Waals surface area contributed by atoms with Gasteiger partial charge < -0.3 is 15.3 Å². The van der Waals surface area contributed by atoms with Crippen molar-refractivity contribution in [2.24, 2.45) is 23.7 Å². The van der Waals surface area contributed by atoms with E-state index in [1.165, 1.54) is 0 Å². The summed E-state index contributed by atoms with van der Waals surface area (Å²) >= 11 is 0. The van der Waals surface area contributed by atoms with E-state index in [0.29, 0.717) is 12.8 Å². The van der Waals surface area contributed by atoms with Gasteiger partial charge in [0.25, 0.3) is 0 Å². The van der Waals surface area contributed by atoms with Crippen molar-refractivity contribution in [1.82, 2.24) is 0 Å². The number of carboxylic acids is 2. The molecule has 2 aliphatic rings. The second kappa shape index (κ2) is 2.95. The first-order valence-corrected chi connectivity index (χ1v) is 4.66. The molecule has 5 nitrogen and oxygen atoms in total. The average Bonchev–Trinajstić information content (AvgIpc) is 2.58. The Hall–Kier alpha value is -1.10. The molecule has 5 atom stereocenters. The number of hydrogen-bond donors (Lipinski definition) is 3. The summed E-state index contributed by atoms with van der Waals surface area (Å²) in [4.78, 5) is 21.7. The molecule has 0 aliphatic heterocycles. The number of aliphatic hydroxyl groups excluding tert-OH is 1. The van der Waals surface area contributed by atoms with E-state index in [2.05, 4.69) is 0 Å². The Kier molecular flexibility index (Phi) is 1.99. The van der Waals surface area contributed by atoms with Crippen LogP contribution < -0.4 is 0 Å². The van der Waals surface area contributed by atoms with Crippen LogP contribution in [0, 0.1) is 23.7 Å². The molecule has 0 aromatic rings. The topological polar surface area (TPSA) is 94.8 Å². The molecule has 5 heteroatoms. The van der Waals surface area contributed by atoms with Crippen molar-refractivity contribution in [2.75, 3.05) is 0 Å². The third-order valence-electron chi connectivity index (χ3n) is 3.54. The molecule has 2 fully saturated rings. The van der Waals surface area contributed by atoms with E-state index >= 15 is 0 Å². The van der Waals surface area contributed by atoms with Gasteiger partial charge in [-0.2, -0.15) is 0 Å². The second-order valence-corrected chi connectivity index (χ2v) is 4.19. The van der Waals surface area contributed by atoms with Gasteiger partial charge in [-0.3, -0.25) is 9.59 Å². The minimum Gasteiger partial charge on any atom is -0.481 e. The highest BCUT2D eigenvalue weighted by molar-refractivity contribution is 5.81. The van der Waals surface area contributed by atoms with Gasteiger partial charge in [0.15, 0.2) is 0 Å². The van der Waals surface area contributed by atoms with Gasteiger partial charge in [-0.25, -0.2) is 0 Å². The summed E-state index contributed by atoms with van der Waals surface area (Å²) in [7, 11) is 0. The van der Waals surface area contributed by atoms with Crippen LogP contribution >= 0.6 is 0 Å². The maximum Gasteiger partial charge on any atom is 0.307 e. The molecule has 78 valence electrons. The van der Waals surface area contributed by atoms with Crippen LogP contribution in [0.1, 0.15) is 12.8 Å². The predicted molar refractivity (Wildman–Crippen MR) is 44.5 cm³/mol. The van der Waals surface area contributed by atoms with Crippen LogP contribution in [-0.4, -0.2) is 33.4 Å².